The fourth-order valence-corrected chi connectivity index (χ4v) is 3.62. The number of carbonyl (C=O) groups excluding carboxylic acids is 1. The number of aromatic amines is 1. The molecule has 26 heavy (non-hydrogen) atoms. The van der Waals surface area contributed by atoms with Gasteiger partial charge in [0.2, 0.25) is 5.91 Å². The van der Waals surface area contributed by atoms with Gasteiger partial charge in [-0.1, -0.05) is 24.6 Å². The van der Waals surface area contributed by atoms with Crippen LogP contribution in [-0.4, -0.2) is 33.9 Å². The van der Waals surface area contributed by atoms with E-state index < -0.39 is 0 Å². The molecule has 3 aromatic rings. The highest BCUT2D eigenvalue weighted by Crippen LogP contribution is 2.16. The quantitative estimate of drug-likeness (QED) is 0.647. The van der Waals surface area contributed by atoms with Crippen molar-refractivity contribution in [2.24, 2.45) is 0 Å². The molecule has 8 heteroatoms. The Morgan fingerprint density at radius 1 is 1.38 bits per heavy atom. The smallest absolute Gasteiger partial charge is 0.268 e. The summed E-state index contributed by atoms with van der Waals surface area (Å²) in [6.45, 7) is 3.36. The molecule has 0 spiro atoms. The predicted octanol–water partition coefficient (Wildman–Crippen LogP) is 3.49. The Morgan fingerprint density at radius 2 is 2.23 bits per heavy atom. The predicted molar refractivity (Wildman–Crippen MR) is 106 cm³/mol. The Labute approximate surface area is 159 Å². The van der Waals surface area contributed by atoms with Gasteiger partial charge in [-0.15, -0.1) is 11.3 Å². The zero-order valence-electron chi connectivity index (χ0n) is 14.3. The average Bonchev–Trinajstić information content (AvgIpc) is 3.04. The lowest BCUT2D eigenvalue weighted by Gasteiger charge is -2.20. The molecule has 1 amide bonds. The van der Waals surface area contributed by atoms with Gasteiger partial charge in [0.1, 0.15) is 10.5 Å². The van der Waals surface area contributed by atoms with Crippen LogP contribution in [0.25, 0.3) is 10.2 Å². The number of hydrogen-bond acceptors (Lipinski definition) is 5. The first kappa shape index (κ1) is 18.6. The largest absolute Gasteiger partial charge is 0.325 e. The van der Waals surface area contributed by atoms with Crippen LogP contribution in [0.5, 0.6) is 0 Å². The van der Waals surface area contributed by atoms with E-state index in [0.29, 0.717) is 39.8 Å². The van der Waals surface area contributed by atoms with Crippen LogP contribution in [0.3, 0.4) is 0 Å². The Kier molecular flexibility index (Phi) is 6.03. The average molecular weight is 391 g/mol. The molecule has 2 heterocycles. The fraction of sp³-hybridized carbons (Fsp3) is 0.278. The summed E-state index contributed by atoms with van der Waals surface area (Å²) in [6.07, 6.45) is 0.884. The summed E-state index contributed by atoms with van der Waals surface area (Å²) in [5, 5.41) is 5.25. The molecule has 0 aliphatic rings. The van der Waals surface area contributed by atoms with Crippen LogP contribution >= 0.6 is 22.9 Å². The second-order valence-corrected chi connectivity index (χ2v) is 7.27. The number of nitrogens with one attached hydrogen (secondary N) is 2. The first-order valence-electron chi connectivity index (χ1n) is 8.29. The number of hydrogen-bond donors (Lipinski definition) is 2. The van der Waals surface area contributed by atoms with Crippen molar-refractivity contribution in [1.82, 2.24) is 14.9 Å². The van der Waals surface area contributed by atoms with Gasteiger partial charge in [0.25, 0.3) is 5.56 Å². The molecule has 0 saturated heterocycles. The van der Waals surface area contributed by atoms with Crippen molar-refractivity contribution in [2.75, 3.05) is 18.4 Å². The zero-order valence-corrected chi connectivity index (χ0v) is 15.9. The second-order valence-electron chi connectivity index (χ2n) is 5.92. The molecule has 3 rings (SSSR count). The number of fused-ring (bicyclic) bond motifs is 1. The SMILES string of the molecule is CCCN(CC(=O)Nc1cccc(Cl)c1)Cc1nc2ccsc2c(=O)[nH]1. The lowest BCUT2D eigenvalue weighted by molar-refractivity contribution is -0.117. The van der Waals surface area contributed by atoms with Gasteiger partial charge in [0.05, 0.1) is 18.6 Å². The van der Waals surface area contributed by atoms with Crippen molar-refractivity contribution in [2.45, 2.75) is 19.9 Å². The number of halogens is 1. The zero-order chi connectivity index (χ0) is 18.5. The van der Waals surface area contributed by atoms with E-state index >= 15 is 0 Å². The summed E-state index contributed by atoms with van der Waals surface area (Å²) < 4.78 is 0.620. The maximum Gasteiger partial charge on any atom is 0.268 e. The van der Waals surface area contributed by atoms with Crippen LogP contribution in [0, 0.1) is 0 Å². The summed E-state index contributed by atoms with van der Waals surface area (Å²) >= 11 is 7.31. The number of amides is 1. The van der Waals surface area contributed by atoms with Gasteiger partial charge in [-0.2, -0.15) is 0 Å². The van der Waals surface area contributed by atoms with E-state index in [2.05, 4.69) is 15.3 Å². The van der Waals surface area contributed by atoms with Gasteiger partial charge in [0, 0.05) is 10.7 Å². The van der Waals surface area contributed by atoms with Crippen molar-refractivity contribution in [3.05, 3.63) is 56.9 Å². The van der Waals surface area contributed by atoms with Crippen LogP contribution in [-0.2, 0) is 11.3 Å². The number of rotatable bonds is 7. The van der Waals surface area contributed by atoms with Crippen LogP contribution in [0.4, 0.5) is 5.69 Å². The molecule has 2 aromatic heterocycles. The Balaban J connectivity index is 1.69. The second kappa shape index (κ2) is 8.44. The minimum Gasteiger partial charge on any atom is -0.325 e. The van der Waals surface area contributed by atoms with E-state index in [0.717, 1.165) is 6.42 Å². The fourth-order valence-electron chi connectivity index (χ4n) is 2.71. The first-order chi connectivity index (χ1) is 12.5. The molecular weight excluding hydrogens is 372 g/mol. The van der Waals surface area contributed by atoms with E-state index in [1.165, 1.54) is 11.3 Å². The van der Waals surface area contributed by atoms with E-state index in [9.17, 15) is 9.59 Å². The Morgan fingerprint density at radius 3 is 3.00 bits per heavy atom. The number of anilines is 1. The molecule has 0 atom stereocenters. The van der Waals surface area contributed by atoms with Crippen molar-refractivity contribution in [3.8, 4) is 0 Å². The number of benzene rings is 1. The third-order valence-electron chi connectivity index (χ3n) is 3.75. The molecule has 0 bridgehead atoms. The minimum absolute atomic E-state index is 0.139. The third-order valence-corrected chi connectivity index (χ3v) is 4.89. The molecule has 2 N–H and O–H groups in total. The maximum absolute atomic E-state index is 12.4. The van der Waals surface area contributed by atoms with Crippen molar-refractivity contribution in [1.29, 1.82) is 0 Å². The number of thiophene rings is 1. The van der Waals surface area contributed by atoms with Gasteiger partial charge >= 0.3 is 0 Å². The highest BCUT2D eigenvalue weighted by molar-refractivity contribution is 7.17. The summed E-state index contributed by atoms with van der Waals surface area (Å²) in [4.78, 5) is 33.7. The van der Waals surface area contributed by atoms with Crippen LogP contribution in [0.2, 0.25) is 5.02 Å². The molecule has 136 valence electrons. The summed E-state index contributed by atoms with van der Waals surface area (Å²) in [5.74, 6) is 0.421. The Bertz CT molecular complexity index is 969. The molecule has 0 saturated carbocycles. The van der Waals surface area contributed by atoms with Gasteiger partial charge in [0.15, 0.2) is 0 Å². The van der Waals surface area contributed by atoms with E-state index in [1.807, 2.05) is 23.3 Å². The standard InChI is InChI=1S/C18H19ClN4O2S/c1-2-7-23(11-16(24)20-13-5-3-4-12(19)9-13)10-15-21-14-6-8-26-17(14)18(25)22-15/h3-6,8-9H,2,7,10-11H2,1H3,(H,20,24)(H,21,22,25). The van der Waals surface area contributed by atoms with Gasteiger partial charge in [-0.25, -0.2) is 4.98 Å². The number of H-pyrrole nitrogens is 1. The number of nitrogens with zero attached hydrogens (tertiary/aromatic N) is 2. The molecular formula is C18H19ClN4O2S. The number of carbonyl (C=O) groups is 1. The van der Waals surface area contributed by atoms with E-state index in [4.69, 9.17) is 11.6 Å². The lowest BCUT2D eigenvalue weighted by atomic mass is 10.3. The van der Waals surface area contributed by atoms with Crippen molar-refractivity contribution in [3.63, 3.8) is 0 Å². The molecule has 1 aromatic carbocycles. The van der Waals surface area contributed by atoms with Crippen molar-refractivity contribution < 1.29 is 4.79 Å². The maximum atomic E-state index is 12.4. The van der Waals surface area contributed by atoms with Crippen LogP contribution < -0.4 is 10.9 Å². The first-order valence-corrected chi connectivity index (χ1v) is 9.55. The highest BCUT2D eigenvalue weighted by Gasteiger charge is 2.14. The number of aromatic nitrogens is 2. The summed E-state index contributed by atoms with van der Waals surface area (Å²) in [5.41, 5.74) is 1.21. The topological polar surface area (TPSA) is 78.1 Å². The third kappa shape index (κ3) is 4.69. The molecule has 0 fully saturated rings. The molecule has 0 aliphatic carbocycles. The van der Waals surface area contributed by atoms with Crippen molar-refractivity contribution >= 4 is 44.7 Å². The summed E-state index contributed by atoms with van der Waals surface area (Å²) in [6, 6.07) is 8.86. The molecule has 6 nitrogen and oxygen atoms in total. The molecule has 0 radical (unpaired) electrons. The lowest BCUT2D eigenvalue weighted by Crippen LogP contribution is -2.34. The normalized spacial score (nSPS) is 11.2. The van der Waals surface area contributed by atoms with Gasteiger partial charge in [-0.3, -0.25) is 14.5 Å². The monoisotopic (exact) mass is 390 g/mol. The molecule has 0 aliphatic heterocycles. The minimum atomic E-state index is -0.139. The van der Waals surface area contributed by atoms with E-state index in [1.54, 1.807) is 24.3 Å². The highest BCUT2D eigenvalue weighted by atomic mass is 35.5. The Hall–Kier alpha value is -2.22. The van der Waals surface area contributed by atoms with Crippen LogP contribution in [0.1, 0.15) is 19.2 Å². The molecule has 0 unspecified atom stereocenters. The van der Waals surface area contributed by atoms with Gasteiger partial charge in [-0.05, 0) is 42.6 Å². The van der Waals surface area contributed by atoms with Crippen LogP contribution in [0.15, 0.2) is 40.5 Å². The van der Waals surface area contributed by atoms with E-state index in [-0.39, 0.29) is 18.0 Å². The van der Waals surface area contributed by atoms with Gasteiger partial charge < -0.3 is 10.3 Å². The summed E-state index contributed by atoms with van der Waals surface area (Å²) in [7, 11) is 0.